The maximum absolute atomic E-state index is 11.5. The van der Waals surface area contributed by atoms with E-state index in [0.717, 1.165) is 18.5 Å². The maximum Gasteiger partial charge on any atom is 0.326 e. The van der Waals surface area contributed by atoms with Crippen LogP contribution in [0.5, 0.6) is 0 Å². The van der Waals surface area contributed by atoms with Crippen molar-refractivity contribution in [3.63, 3.8) is 0 Å². The van der Waals surface area contributed by atoms with Gasteiger partial charge in [0.15, 0.2) is 0 Å². The Morgan fingerprint density at radius 2 is 2.33 bits per heavy atom. The lowest BCUT2D eigenvalue weighted by molar-refractivity contribution is -0.139. The second kappa shape index (κ2) is 5.81. The summed E-state index contributed by atoms with van der Waals surface area (Å²) in [5.74, 6) is -0.876. The zero-order chi connectivity index (χ0) is 13.0. The average molecular weight is 269 g/mol. The third-order valence-corrected chi connectivity index (χ3v) is 3.43. The van der Waals surface area contributed by atoms with Crippen molar-refractivity contribution in [1.82, 2.24) is 15.6 Å². The van der Waals surface area contributed by atoms with E-state index >= 15 is 0 Å². The Morgan fingerprint density at radius 1 is 1.56 bits per heavy atom. The van der Waals surface area contributed by atoms with Gasteiger partial charge in [-0.2, -0.15) is 0 Å². The minimum atomic E-state index is -0.966. The number of thiazole rings is 1. The highest BCUT2D eigenvalue weighted by molar-refractivity contribution is 7.07. The number of carboxylic acid groups (broad SMARTS) is 1. The molecule has 2 rings (SSSR count). The van der Waals surface area contributed by atoms with Crippen molar-refractivity contribution in [1.29, 1.82) is 0 Å². The lowest BCUT2D eigenvalue weighted by Crippen LogP contribution is -2.47. The maximum atomic E-state index is 11.5. The van der Waals surface area contributed by atoms with Gasteiger partial charge >= 0.3 is 12.0 Å². The van der Waals surface area contributed by atoms with Crippen LogP contribution >= 0.6 is 11.3 Å². The molecule has 1 heterocycles. The molecule has 1 aliphatic rings. The predicted octanol–water partition coefficient (Wildman–Crippen LogP) is 0.848. The fourth-order valence-electron chi connectivity index (χ4n) is 1.67. The molecule has 0 aromatic carbocycles. The third kappa shape index (κ3) is 3.69. The van der Waals surface area contributed by atoms with E-state index in [4.69, 9.17) is 5.11 Å². The Morgan fingerprint density at radius 3 is 2.89 bits per heavy atom. The number of hydrogen-bond acceptors (Lipinski definition) is 4. The summed E-state index contributed by atoms with van der Waals surface area (Å²) < 4.78 is 0. The first kappa shape index (κ1) is 12.8. The quantitative estimate of drug-likeness (QED) is 0.714. The van der Waals surface area contributed by atoms with Gasteiger partial charge in [0, 0.05) is 18.3 Å². The molecule has 1 aliphatic carbocycles. The number of rotatable bonds is 6. The first-order chi connectivity index (χ1) is 8.66. The topological polar surface area (TPSA) is 91.3 Å². The van der Waals surface area contributed by atoms with Crippen molar-refractivity contribution in [2.24, 2.45) is 5.92 Å². The van der Waals surface area contributed by atoms with Crippen LogP contribution in [0.1, 0.15) is 18.5 Å². The molecule has 7 heteroatoms. The zero-order valence-corrected chi connectivity index (χ0v) is 10.6. The Hall–Kier alpha value is -1.63. The minimum absolute atomic E-state index is 0.0896. The molecule has 1 aromatic heterocycles. The van der Waals surface area contributed by atoms with Gasteiger partial charge < -0.3 is 15.7 Å². The van der Waals surface area contributed by atoms with Gasteiger partial charge in [-0.15, -0.1) is 11.3 Å². The lowest BCUT2D eigenvalue weighted by atomic mass is 10.2. The smallest absolute Gasteiger partial charge is 0.326 e. The van der Waals surface area contributed by atoms with Gasteiger partial charge in [0.05, 0.1) is 11.2 Å². The molecule has 1 saturated carbocycles. The van der Waals surface area contributed by atoms with E-state index in [1.54, 1.807) is 5.51 Å². The van der Waals surface area contributed by atoms with Gasteiger partial charge in [0.2, 0.25) is 0 Å². The Balaban J connectivity index is 1.69. The monoisotopic (exact) mass is 269 g/mol. The number of carbonyl (C=O) groups is 2. The molecule has 1 atom stereocenters. The van der Waals surface area contributed by atoms with E-state index in [9.17, 15) is 9.59 Å². The number of aromatic nitrogens is 1. The van der Waals surface area contributed by atoms with Crippen molar-refractivity contribution in [3.05, 3.63) is 16.6 Å². The van der Waals surface area contributed by atoms with E-state index in [-0.39, 0.29) is 5.92 Å². The number of aliphatic carboxylic acids is 1. The fourth-order valence-corrected chi connectivity index (χ4v) is 2.26. The minimum Gasteiger partial charge on any atom is -0.480 e. The molecule has 2 amide bonds. The van der Waals surface area contributed by atoms with Crippen LogP contribution in [0.3, 0.4) is 0 Å². The van der Waals surface area contributed by atoms with Gasteiger partial charge in [-0.25, -0.2) is 14.6 Å². The summed E-state index contributed by atoms with van der Waals surface area (Å²) >= 11 is 1.51. The number of amides is 2. The first-order valence-corrected chi connectivity index (χ1v) is 6.75. The normalized spacial score (nSPS) is 16.0. The summed E-state index contributed by atoms with van der Waals surface area (Å²) in [6.07, 6.45) is 2.39. The molecule has 0 radical (unpaired) electrons. The third-order valence-electron chi connectivity index (χ3n) is 2.80. The molecule has 0 aliphatic heterocycles. The van der Waals surface area contributed by atoms with E-state index in [1.807, 2.05) is 5.38 Å². The van der Waals surface area contributed by atoms with E-state index in [0.29, 0.717) is 13.0 Å². The van der Waals surface area contributed by atoms with Crippen LogP contribution < -0.4 is 10.6 Å². The number of carboxylic acids is 1. The van der Waals surface area contributed by atoms with Crippen molar-refractivity contribution in [2.75, 3.05) is 6.54 Å². The molecular formula is C11H15N3O3S. The second-order valence-electron chi connectivity index (χ2n) is 4.28. The summed E-state index contributed by atoms with van der Waals surface area (Å²) in [4.78, 5) is 26.5. The lowest BCUT2D eigenvalue weighted by Gasteiger charge is -2.14. The molecule has 3 N–H and O–H groups in total. The van der Waals surface area contributed by atoms with Crippen molar-refractivity contribution >= 4 is 23.3 Å². The Labute approximate surface area is 108 Å². The highest BCUT2D eigenvalue weighted by Gasteiger charge is 2.37. The largest absolute Gasteiger partial charge is 0.480 e. The fraction of sp³-hybridized carbons (Fsp3) is 0.545. The SMILES string of the molecule is O=C(NCCc1cscn1)NC(C(=O)O)C1CC1. The van der Waals surface area contributed by atoms with Crippen LogP contribution in [0.2, 0.25) is 0 Å². The van der Waals surface area contributed by atoms with Crippen LogP contribution in [0.4, 0.5) is 4.79 Å². The van der Waals surface area contributed by atoms with Crippen LogP contribution in [-0.2, 0) is 11.2 Å². The molecule has 18 heavy (non-hydrogen) atoms. The van der Waals surface area contributed by atoms with Gasteiger partial charge in [-0.05, 0) is 18.8 Å². The van der Waals surface area contributed by atoms with Crippen molar-refractivity contribution < 1.29 is 14.7 Å². The Bertz CT molecular complexity index is 417. The van der Waals surface area contributed by atoms with Gasteiger partial charge in [-0.3, -0.25) is 0 Å². The Kier molecular flexibility index (Phi) is 4.14. The average Bonchev–Trinajstić information content (AvgIpc) is 3.03. The first-order valence-electron chi connectivity index (χ1n) is 5.81. The summed E-state index contributed by atoms with van der Waals surface area (Å²) in [5, 5.41) is 16.0. The predicted molar refractivity (Wildman–Crippen MR) is 66.5 cm³/mol. The van der Waals surface area contributed by atoms with E-state index in [1.165, 1.54) is 11.3 Å². The van der Waals surface area contributed by atoms with Gasteiger partial charge in [0.25, 0.3) is 0 Å². The highest BCUT2D eigenvalue weighted by Crippen LogP contribution is 2.32. The van der Waals surface area contributed by atoms with Crippen molar-refractivity contribution in [3.8, 4) is 0 Å². The molecule has 0 spiro atoms. The standard InChI is InChI=1S/C11H15N3O3S/c15-10(16)9(7-1-2-7)14-11(17)12-4-3-8-5-18-6-13-8/h5-7,9H,1-4H2,(H,15,16)(H2,12,14,17). The molecule has 1 unspecified atom stereocenters. The number of hydrogen-bond donors (Lipinski definition) is 3. The summed E-state index contributed by atoms with van der Waals surface area (Å²) in [7, 11) is 0. The van der Waals surface area contributed by atoms with Gasteiger partial charge in [-0.1, -0.05) is 0 Å². The van der Waals surface area contributed by atoms with E-state index < -0.39 is 18.0 Å². The zero-order valence-electron chi connectivity index (χ0n) is 9.76. The summed E-state index contributed by atoms with van der Waals surface area (Å²) in [6, 6.07) is -1.19. The molecule has 1 aromatic rings. The molecule has 0 bridgehead atoms. The van der Waals surface area contributed by atoms with E-state index in [2.05, 4.69) is 15.6 Å². The van der Waals surface area contributed by atoms with Crippen LogP contribution in [-0.4, -0.2) is 34.7 Å². The van der Waals surface area contributed by atoms with Crippen LogP contribution in [0, 0.1) is 5.92 Å². The molecule has 6 nitrogen and oxygen atoms in total. The number of urea groups is 1. The molecular weight excluding hydrogens is 254 g/mol. The van der Waals surface area contributed by atoms with Gasteiger partial charge in [0.1, 0.15) is 6.04 Å². The summed E-state index contributed by atoms with van der Waals surface area (Å²) in [5.41, 5.74) is 2.67. The number of carbonyl (C=O) groups excluding carboxylic acids is 1. The van der Waals surface area contributed by atoms with Crippen molar-refractivity contribution in [2.45, 2.75) is 25.3 Å². The second-order valence-corrected chi connectivity index (χ2v) is 5.00. The summed E-state index contributed by atoms with van der Waals surface area (Å²) in [6.45, 7) is 0.451. The number of nitrogens with one attached hydrogen (secondary N) is 2. The molecule has 0 saturated heterocycles. The molecule has 98 valence electrons. The van der Waals surface area contributed by atoms with Crippen LogP contribution in [0.15, 0.2) is 10.9 Å². The highest BCUT2D eigenvalue weighted by atomic mass is 32.1. The number of nitrogens with zero attached hydrogens (tertiary/aromatic N) is 1. The van der Waals surface area contributed by atoms with Crippen LogP contribution in [0.25, 0.3) is 0 Å². The molecule has 1 fully saturated rings.